The number of nitrogens with zero attached hydrogens (tertiary/aromatic N) is 1. The largest absolute Gasteiger partial charge is 0.507 e. The fourth-order valence-electron chi connectivity index (χ4n) is 6.38. The molecule has 1 aliphatic heterocycles. The van der Waals surface area contributed by atoms with Gasteiger partial charge in [0.25, 0.3) is 0 Å². The van der Waals surface area contributed by atoms with Crippen molar-refractivity contribution in [2.45, 2.75) is 25.7 Å². The van der Waals surface area contributed by atoms with Crippen molar-refractivity contribution in [3.8, 4) is 5.75 Å². The van der Waals surface area contributed by atoms with Gasteiger partial charge in [-0.05, 0) is 37.1 Å². The molecule has 1 saturated heterocycles. The highest BCUT2D eigenvalue weighted by Gasteiger charge is 2.55. The molecule has 2 aromatic rings. The molecule has 34 heavy (non-hydrogen) atoms. The van der Waals surface area contributed by atoms with E-state index in [0.717, 1.165) is 11.0 Å². The third kappa shape index (κ3) is 2.62. The van der Waals surface area contributed by atoms with E-state index in [1.54, 1.807) is 13.0 Å². The number of carbonyl (C=O) groups excluding carboxylic acids is 4. The molecule has 6 heteroatoms. The highest BCUT2D eigenvalue weighted by molar-refractivity contribution is 6.24. The summed E-state index contributed by atoms with van der Waals surface area (Å²) in [7, 11) is 1.50. The van der Waals surface area contributed by atoms with E-state index in [0.29, 0.717) is 34.1 Å². The first-order valence-corrected chi connectivity index (χ1v) is 11.5. The summed E-state index contributed by atoms with van der Waals surface area (Å²) in [5, 5.41) is 12.9. The van der Waals surface area contributed by atoms with E-state index in [4.69, 9.17) is 0 Å². The summed E-state index contributed by atoms with van der Waals surface area (Å²) in [5.74, 6) is -2.85. The topological polar surface area (TPSA) is 91.8 Å². The summed E-state index contributed by atoms with van der Waals surface area (Å²) in [5.41, 5.74) is 2.54. The van der Waals surface area contributed by atoms with Gasteiger partial charge in [0, 0.05) is 40.6 Å². The van der Waals surface area contributed by atoms with Crippen LogP contribution < -0.4 is 0 Å². The molecule has 0 spiro atoms. The third-order valence-electron chi connectivity index (χ3n) is 8.03. The predicted octanol–water partition coefficient (Wildman–Crippen LogP) is 3.60. The maximum atomic E-state index is 13.4. The van der Waals surface area contributed by atoms with Crippen molar-refractivity contribution in [2.75, 3.05) is 7.05 Å². The van der Waals surface area contributed by atoms with Gasteiger partial charge in [0.2, 0.25) is 11.8 Å². The van der Waals surface area contributed by atoms with Gasteiger partial charge in [0.15, 0.2) is 11.6 Å². The molecule has 1 fully saturated rings. The summed E-state index contributed by atoms with van der Waals surface area (Å²) in [6, 6.07) is 11.2. The fraction of sp³-hybridized carbons (Fsp3) is 0.286. The van der Waals surface area contributed by atoms with Gasteiger partial charge in [0.1, 0.15) is 5.75 Å². The molecule has 4 atom stereocenters. The van der Waals surface area contributed by atoms with E-state index < -0.39 is 17.8 Å². The van der Waals surface area contributed by atoms with E-state index in [-0.39, 0.29) is 41.5 Å². The first-order valence-electron chi connectivity index (χ1n) is 11.5. The number of benzene rings is 2. The van der Waals surface area contributed by atoms with Crippen LogP contribution in [0, 0.1) is 17.8 Å². The van der Waals surface area contributed by atoms with Crippen LogP contribution >= 0.6 is 0 Å². The van der Waals surface area contributed by atoms with E-state index in [1.165, 1.54) is 18.0 Å². The molecule has 4 unspecified atom stereocenters. The number of Topliss-reactive ketones (excluding diaryl/α,β-unsaturated/α-hetero) is 1. The second-order valence-corrected chi connectivity index (χ2v) is 9.69. The molecule has 0 bridgehead atoms. The summed E-state index contributed by atoms with van der Waals surface area (Å²) in [6.07, 6.45) is 3.97. The lowest BCUT2D eigenvalue weighted by molar-refractivity contribution is -0.138. The number of hydrogen-bond acceptors (Lipinski definition) is 5. The molecule has 0 saturated carbocycles. The zero-order valence-electron chi connectivity index (χ0n) is 18.9. The normalized spacial score (nSPS) is 28.6. The average molecular weight is 453 g/mol. The monoisotopic (exact) mass is 453 g/mol. The second-order valence-electron chi connectivity index (χ2n) is 9.69. The zero-order valence-corrected chi connectivity index (χ0v) is 18.9. The predicted molar refractivity (Wildman–Crippen MR) is 125 cm³/mol. The number of aromatic hydroxyl groups is 1. The Morgan fingerprint density at radius 2 is 1.74 bits per heavy atom. The maximum absolute atomic E-state index is 13.4. The minimum Gasteiger partial charge on any atom is -0.507 e. The number of imide groups is 1. The zero-order chi connectivity index (χ0) is 23.9. The third-order valence-corrected chi connectivity index (χ3v) is 8.03. The first kappa shape index (κ1) is 20.8. The van der Waals surface area contributed by atoms with Crippen LogP contribution in [-0.2, 0) is 19.2 Å². The number of fused-ring (bicyclic) bond motifs is 4. The Kier molecular flexibility index (Phi) is 4.34. The highest BCUT2D eigenvalue weighted by Crippen LogP contribution is 2.56. The number of allylic oxidation sites excluding steroid dienone is 6. The molecule has 0 aromatic heterocycles. The molecule has 3 aliphatic carbocycles. The van der Waals surface area contributed by atoms with Crippen molar-refractivity contribution < 1.29 is 24.3 Å². The van der Waals surface area contributed by atoms with E-state index in [9.17, 15) is 24.3 Å². The van der Waals surface area contributed by atoms with Crippen LogP contribution in [0.1, 0.15) is 31.2 Å². The van der Waals surface area contributed by atoms with Crippen LogP contribution in [0.3, 0.4) is 0 Å². The minimum absolute atomic E-state index is 0.0667. The van der Waals surface area contributed by atoms with Crippen LogP contribution in [0.2, 0.25) is 0 Å². The summed E-state index contributed by atoms with van der Waals surface area (Å²) < 4.78 is 0. The number of phenolic OH excluding ortho intramolecular Hbond substituents is 1. The molecule has 170 valence electrons. The van der Waals surface area contributed by atoms with Crippen molar-refractivity contribution >= 4 is 34.2 Å². The molecular weight excluding hydrogens is 430 g/mol. The average Bonchev–Trinajstić information content (AvgIpc) is 3.06. The Morgan fingerprint density at radius 3 is 2.53 bits per heavy atom. The molecule has 1 heterocycles. The van der Waals surface area contributed by atoms with Crippen LogP contribution in [0.25, 0.3) is 10.8 Å². The summed E-state index contributed by atoms with van der Waals surface area (Å²) in [4.78, 5) is 53.5. The van der Waals surface area contributed by atoms with Gasteiger partial charge in [-0.25, -0.2) is 0 Å². The van der Waals surface area contributed by atoms with E-state index >= 15 is 0 Å². The number of ketones is 2. The smallest absolute Gasteiger partial charge is 0.233 e. The molecular formula is C28H23NO5. The summed E-state index contributed by atoms with van der Waals surface area (Å²) >= 11 is 0. The molecule has 0 radical (unpaired) electrons. The second kappa shape index (κ2) is 7.10. The Hall–Kier alpha value is -3.80. The SMILES string of the molecule is CC1=CC(=O)C2=C(C1=O)C(c1ccc3ccccc3c1O)C1=CCC3C(=O)N(C)C(=O)C3C1C2. The molecule has 2 aromatic carbocycles. The Bertz CT molecular complexity index is 1440. The van der Waals surface area contributed by atoms with Crippen LogP contribution in [0.5, 0.6) is 5.75 Å². The van der Waals surface area contributed by atoms with Crippen molar-refractivity contribution in [3.05, 3.63) is 76.4 Å². The standard InChI is InChI=1S/C28H23NO5/c1-13-11-21(30)20-12-19-16(9-10-18-23(19)28(34)29(2)27(18)33)22(24(20)25(13)31)17-8-7-14-5-3-4-6-15(14)26(17)32/h3-9,11,18-19,22-23,32H,10,12H2,1-2H3. The quantitative estimate of drug-likeness (QED) is 0.405. The van der Waals surface area contributed by atoms with Gasteiger partial charge >= 0.3 is 0 Å². The number of amides is 2. The van der Waals surface area contributed by atoms with Crippen molar-refractivity contribution in [2.24, 2.45) is 17.8 Å². The molecule has 6 nitrogen and oxygen atoms in total. The van der Waals surface area contributed by atoms with Crippen molar-refractivity contribution in [1.82, 2.24) is 4.90 Å². The van der Waals surface area contributed by atoms with Gasteiger partial charge < -0.3 is 5.11 Å². The fourth-order valence-corrected chi connectivity index (χ4v) is 6.38. The van der Waals surface area contributed by atoms with E-state index in [2.05, 4.69) is 0 Å². The lowest BCUT2D eigenvalue weighted by atomic mass is 9.59. The Labute approximate surface area is 196 Å². The van der Waals surface area contributed by atoms with E-state index in [1.807, 2.05) is 36.4 Å². The number of phenols is 1. The minimum atomic E-state index is -0.645. The van der Waals surface area contributed by atoms with Crippen LogP contribution in [0.15, 0.2) is 70.8 Å². The summed E-state index contributed by atoms with van der Waals surface area (Å²) in [6.45, 7) is 1.63. The van der Waals surface area contributed by atoms with Gasteiger partial charge in [-0.1, -0.05) is 48.0 Å². The van der Waals surface area contributed by atoms with Gasteiger partial charge in [-0.15, -0.1) is 0 Å². The highest BCUT2D eigenvalue weighted by atomic mass is 16.3. The van der Waals surface area contributed by atoms with Gasteiger partial charge in [-0.3, -0.25) is 24.1 Å². The van der Waals surface area contributed by atoms with Crippen LogP contribution in [-0.4, -0.2) is 40.4 Å². The van der Waals surface area contributed by atoms with Crippen LogP contribution in [0.4, 0.5) is 0 Å². The molecule has 1 N–H and O–H groups in total. The lowest BCUT2D eigenvalue weighted by Gasteiger charge is -2.42. The first-order chi connectivity index (χ1) is 16.3. The number of hydrogen-bond donors (Lipinski definition) is 1. The number of carbonyl (C=O) groups is 4. The molecule has 6 rings (SSSR count). The van der Waals surface area contributed by atoms with Crippen molar-refractivity contribution in [3.63, 3.8) is 0 Å². The number of rotatable bonds is 1. The maximum Gasteiger partial charge on any atom is 0.233 e. The molecule has 2 amide bonds. The van der Waals surface area contributed by atoms with Crippen molar-refractivity contribution in [1.29, 1.82) is 0 Å². The van der Waals surface area contributed by atoms with Gasteiger partial charge in [-0.2, -0.15) is 0 Å². The lowest BCUT2D eigenvalue weighted by Crippen LogP contribution is -2.39. The number of likely N-dealkylation sites (tertiary alicyclic amines) is 1. The Morgan fingerprint density at radius 1 is 0.971 bits per heavy atom. The Balaban J connectivity index is 1.60. The molecule has 4 aliphatic rings. The van der Waals surface area contributed by atoms with Gasteiger partial charge in [0.05, 0.1) is 11.8 Å².